The van der Waals surface area contributed by atoms with Crippen LogP contribution in [0.4, 0.5) is 20.4 Å². The third-order valence-electron chi connectivity index (χ3n) is 5.61. The number of rotatable bonds is 6. The number of benzene rings is 1. The van der Waals surface area contributed by atoms with Crippen molar-refractivity contribution < 1.29 is 13.6 Å². The molecule has 32 heavy (non-hydrogen) atoms. The van der Waals surface area contributed by atoms with E-state index in [0.717, 1.165) is 29.7 Å². The number of alkyl halides is 2. The Morgan fingerprint density at radius 1 is 1.22 bits per heavy atom. The number of nitrogens with one attached hydrogen (secondary N) is 2. The van der Waals surface area contributed by atoms with Crippen molar-refractivity contribution in [3.05, 3.63) is 53.5 Å². The van der Waals surface area contributed by atoms with Crippen LogP contribution < -0.4 is 15.5 Å². The average Bonchev–Trinajstić information content (AvgIpc) is 3.21. The largest absolute Gasteiger partial charge is 0.363 e. The molecule has 0 radical (unpaired) electrons. The van der Waals surface area contributed by atoms with Gasteiger partial charge in [0.2, 0.25) is 5.91 Å². The zero-order valence-corrected chi connectivity index (χ0v) is 18.3. The van der Waals surface area contributed by atoms with Gasteiger partial charge in [-0.05, 0) is 38.0 Å². The van der Waals surface area contributed by atoms with Crippen molar-refractivity contribution >= 4 is 28.4 Å². The molecule has 1 saturated heterocycles. The molecule has 3 aromatic rings. The van der Waals surface area contributed by atoms with Crippen molar-refractivity contribution in [1.82, 2.24) is 20.3 Å². The SMILES string of the molecule is CC(=O)N[C@H]1CCN(c2cc3c(N[C@H](C)c4cccc(C(F)F)c4)nc(C)nc3cn2)C1. The number of nitrogens with zero attached hydrogens (tertiary/aromatic N) is 4. The maximum absolute atomic E-state index is 13.1. The minimum absolute atomic E-state index is 0.00544. The minimum Gasteiger partial charge on any atom is -0.363 e. The van der Waals surface area contributed by atoms with E-state index in [0.29, 0.717) is 23.7 Å². The van der Waals surface area contributed by atoms with Gasteiger partial charge in [0, 0.05) is 43.0 Å². The van der Waals surface area contributed by atoms with Crippen molar-refractivity contribution in [2.45, 2.75) is 45.7 Å². The van der Waals surface area contributed by atoms with Gasteiger partial charge in [-0.3, -0.25) is 4.79 Å². The van der Waals surface area contributed by atoms with E-state index in [1.165, 1.54) is 19.1 Å². The predicted molar refractivity (Wildman–Crippen MR) is 120 cm³/mol. The zero-order valence-electron chi connectivity index (χ0n) is 18.3. The molecule has 0 aliphatic carbocycles. The lowest BCUT2D eigenvalue weighted by Gasteiger charge is -2.20. The van der Waals surface area contributed by atoms with Crippen LogP contribution in [0.5, 0.6) is 0 Å². The van der Waals surface area contributed by atoms with Crippen LogP contribution in [0, 0.1) is 6.92 Å². The Bertz CT molecular complexity index is 1140. The molecule has 1 aromatic carbocycles. The highest BCUT2D eigenvalue weighted by Crippen LogP contribution is 2.29. The number of pyridine rings is 1. The van der Waals surface area contributed by atoms with Gasteiger partial charge in [-0.15, -0.1) is 0 Å². The van der Waals surface area contributed by atoms with Crippen molar-refractivity contribution in [2.24, 2.45) is 0 Å². The molecule has 7 nitrogen and oxygen atoms in total. The van der Waals surface area contributed by atoms with Crippen LogP contribution in [0.2, 0.25) is 0 Å². The molecule has 2 atom stereocenters. The number of hydrogen-bond acceptors (Lipinski definition) is 6. The normalized spacial score (nSPS) is 17.1. The number of aryl methyl sites for hydroxylation is 1. The summed E-state index contributed by atoms with van der Waals surface area (Å²) in [6.07, 6.45) is 0.0599. The fourth-order valence-electron chi connectivity index (χ4n) is 4.05. The number of amides is 1. The van der Waals surface area contributed by atoms with Crippen molar-refractivity contribution in [1.29, 1.82) is 0 Å². The highest BCUT2D eigenvalue weighted by molar-refractivity contribution is 5.90. The number of carbonyl (C=O) groups excluding carboxylic acids is 1. The molecule has 0 saturated carbocycles. The molecule has 1 amide bonds. The molecular formula is C23H26F2N6O. The van der Waals surface area contributed by atoms with Crippen molar-refractivity contribution in [2.75, 3.05) is 23.3 Å². The van der Waals surface area contributed by atoms with Crippen molar-refractivity contribution in [3.63, 3.8) is 0 Å². The van der Waals surface area contributed by atoms with Crippen LogP contribution in [0.1, 0.15) is 49.7 Å². The lowest BCUT2D eigenvalue weighted by molar-refractivity contribution is -0.119. The lowest BCUT2D eigenvalue weighted by atomic mass is 10.1. The number of hydrogen-bond donors (Lipinski definition) is 2. The Morgan fingerprint density at radius 3 is 2.75 bits per heavy atom. The Balaban J connectivity index is 1.62. The number of halogens is 2. The van der Waals surface area contributed by atoms with E-state index >= 15 is 0 Å². The summed E-state index contributed by atoms with van der Waals surface area (Å²) in [6.45, 7) is 6.71. The summed E-state index contributed by atoms with van der Waals surface area (Å²) in [7, 11) is 0. The summed E-state index contributed by atoms with van der Waals surface area (Å²) in [4.78, 5) is 27.1. The van der Waals surface area contributed by atoms with E-state index in [9.17, 15) is 13.6 Å². The van der Waals surface area contributed by atoms with Gasteiger partial charge in [0.25, 0.3) is 6.43 Å². The Kier molecular flexibility index (Phi) is 6.16. The van der Waals surface area contributed by atoms with Crippen LogP contribution >= 0.6 is 0 Å². The Labute approximate surface area is 185 Å². The summed E-state index contributed by atoms with van der Waals surface area (Å²) in [5.41, 5.74) is 1.45. The molecule has 3 heterocycles. The fraction of sp³-hybridized carbons (Fsp3) is 0.391. The molecule has 2 aromatic heterocycles. The van der Waals surface area contributed by atoms with Crippen LogP contribution in [0.15, 0.2) is 36.5 Å². The number of aromatic nitrogens is 3. The summed E-state index contributed by atoms with van der Waals surface area (Å²) >= 11 is 0. The highest BCUT2D eigenvalue weighted by Gasteiger charge is 2.24. The third kappa shape index (κ3) is 4.76. The van der Waals surface area contributed by atoms with Gasteiger partial charge in [0.1, 0.15) is 17.5 Å². The predicted octanol–water partition coefficient (Wildman–Crippen LogP) is 4.16. The number of anilines is 2. The molecule has 0 spiro atoms. The van der Waals surface area contributed by atoms with Crippen LogP contribution in [0.3, 0.4) is 0 Å². The molecule has 0 unspecified atom stereocenters. The first-order chi connectivity index (χ1) is 15.3. The minimum atomic E-state index is -2.51. The van der Waals surface area contributed by atoms with Gasteiger partial charge in [-0.25, -0.2) is 23.7 Å². The smallest absolute Gasteiger partial charge is 0.263 e. The second-order valence-corrected chi connectivity index (χ2v) is 8.15. The molecule has 4 rings (SSSR count). The number of carbonyl (C=O) groups is 1. The second-order valence-electron chi connectivity index (χ2n) is 8.15. The van der Waals surface area contributed by atoms with E-state index in [1.54, 1.807) is 19.2 Å². The molecule has 1 aliphatic heterocycles. The summed E-state index contributed by atoms with van der Waals surface area (Å²) in [5, 5.41) is 7.12. The van der Waals surface area contributed by atoms with Crippen LogP contribution in [-0.4, -0.2) is 40.0 Å². The van der Waals surface area contributed by atoms with Crippen molar-refractivity contribution in [3.8, 4) is 0 Å². The van der Waals surface area contributed by atoms with Crippen LogP contribution in [0.25, 0.3) is 10.9 Å². The van der Waals surface area contributed by atoms with Gasteiger partial charge in [0.15, 0.2) is 0 Å². The first-order valence-electron chi connectivity index (χ1n) is 10.6. The molecule has 1 aliphatic rings. The maximum Gasteiger partial charge on any atom is 0.263 e. The quantitative estimate of drug-likeness (QED) is 0.599. The molecule has 1 fully saturated rings. The Hall–Kier alpha value is -3.36. The second kappa shape index (κ2) is 9.02. The first kappa shape index (κ1) is 21.9. The maximum atomic E-state index is 13.1. The highest BCUT2D eigenvalue weighted by atomic mass is 19.3. The fourth-order valence-corrected chi connectivity index (χ4v) is 4.05. The van der Waals surface area contributed by atoms with Gasteiger partial charge in [-0.1, -0.05) is 18.2 Å². The van der Waals surface area contributed by atoms with Gasteiger partial charge in [-0.2, -0.15) is 0 Å². The molecule has 0 bridgehead atoms. The summed E-state index contributed by atoms with van der Waals surface area (Å²) in [5.74, 6) is 1.97. The van der Waals surface area contributed by atoms with E-state index in [4.69, 9.17) is 0 Å². The molecule has 2 N–H and O–H groups in total. The molecule has 9 heteroatoms. The van der Waals surface area contributed by atoms with Gasteiger partial charge >= 0.3 is 0 Å². The van der Waals surface area contributed by atoms with E-state index in [1.807, 2.05) is 19.1 Å². The Morgan fingerprint density at radius 2 is 2.00 bits per heavy atom. The first-order valence-corrected chi connectivity index (χ1v) is 10.6. The summed E-state index contributed by atoms with van der Waals surface area (Å²) in [6, 6.07) is 8.19. The average molecular weight is 440 g/mol. The van der Waals surface area contributed by atoms with E-state index in [-0.39, 0.29) is 23.6 Å². The lowest BCUT2D eigenvalue weighted by Crippen LogP contribution is -2.35. The standard InChI is InChI=1S/C23H26F2N6O/c1-13(16-5-4-6-17(9-16)22(24)25)27-23-19-10-21(26-11-20(19)28-14(2)29-23)31-8-7-18(12-31)30-15(3)32/h4-6,9-11,13,18,22H,7-8,12H2,1-3H3,(H,30,32)(H,27,28,29)/t13-,18+/m1/s1. The third-order valence-corrected chi connectivity index (χ3v) is 5.61. The zero-order chi connectivity index (χ0) is 22.8. The van der Waals surface area contributed by atoms with E-state index in [2.05, 4.69) is 30.5 Å². The van der Waals surface area contributed by atoms with Gasteiger partial charge in [0.05, 0.1) is 11.7 Å². The van der Waals surface area contributed by atoms with Crippen LogP contribution in [-0.2, 0) is 4.79 Å². The van der Waals surface area contributed by atoms with Gasteiger partial charge < -0.3 is 15.5 Å². The monoisotopic (exact) mass is 440 g/mol. The molecule has 168 valence electrons. The summed E-state index contributed by atoms with van der Waals surface area (Å²) < 4.78 is 26.2. The van der Waals surface area contributed by atoms with E-state index < -0.39 is 6.43 Å². The number of fused-ring (bicyclic) bond motifs is 1. The molecular weight excluding hydrogens is 414 g/mol. The topological polar surface area (TPSA) is 83.0 Å².